The summed E-state index contributed by atoms with van der Waals surface area (Å²) >= 11 is 2.05. The van der Waals surface area contributed by atoms with Crippen LogP contribution in [0.5, 0.6) is 11.5 Å². The molecule has 0 bridgehead atoms. The van der Waals surface area contributed by atoms with E-state index in [0.29, 0.717) is 24.3 Å². The van der Waals surface area contributed by atoms with Gasteiger partial charge in [0.05, 0.1) is 28.7 Å². The first-order valence-electron chi connectivity index (χ1n) is 8.46. The first-order valence-corrected chi connectivity index (χ1v) is 9.70. The van der Waals surface area contributed by atoms with Crippen LogP contribution in [0, 0.1) is 0 Å². The molecular formula is C20H24IN3O3. The Bertz CT molecular complexity index is 770. The summed E-state index contributed by atoms with van der Waals surface area (Å²) in [6, 6.07) is 15.2. The summed E-state index contributed by atoms with van der Waals surface area (Å²) in [6.07, 6.45) is 2.63. The second-order valence-electron chi connectivity index (χ2n) is 6.23. The van der Waals surface area contributed by atoms with Crippen molar-refractivity contribution in [1.29, 1.82) is 0 Å². The molecule has 7 heteroatoms. The van der Waals surface area contributed by atoms with E-state index in [0.717, 1.165) is 16.9 Å². The van der Waals surface area contributed by atoms with Crippen molar-refractivity contribution in [2.75, 3.05) is 13.2 Å². The number of nitrogens with two attached hydrogens (primary N) is 2. The summed E-state index contributed by atoms with van der Waals surface area (Å²) in [5.74, 6) is 1.43. The Kier molecular flexibility index (Phi) is 8.23. The molecule has 0 fully saturated rings. The van der Waals surface area contributed by atoms with Crippen LogP contribution in [0.15, 0.2) is 59.7 Å². The molecule has 0 aliphatic carbocycles. The van der Waals surface area contributed by atoms with E-state index in [2.05, 4.69) is 4.99 Å². The Balaban J connectivity index is 1.98. The molecule has 27 heavy (non-hydrogen) atoms. The monoisotopic (exact) mass is 481 g/mol. The number of rotatable bonds is 9. The van der Waals surface area contributed by atoms with Gasteiger partial charge in [-0.05, 0) is 77.4 Å². The van der Waals surface area contributed by atoms with Crippen LogP contribution in [0.25, 0.3) is 5.70 Å². The number of benzene rings is 2. The summed E-state index contributed by atoms with van der Waals surface area (Å²) < 4.78 is 7.52. The predicted molar refractivity (Wildman–Crippen MR) is 117 cm³/mol. The lowest BCUT2D eigenvalue weighted by atomic mass is 9.94. The fourth-order valence-corrected chi connectivity index (χ4v) is 2.72. The van der Waals surface area contributed by atoms with E-state index < -0.39 is 5.54 Å². The number of hydrogen-bond acceptors (Lipinski definition) is 6. The molecule has 0 aliphatic rings. The molecule has 0 heterocycles. The van der Waals surface area contributed by atoms with Crippen molar-refractivity contribution in [1.82, 2.24) is 0 Å². The number of aliphatic hydroxyl groups excluding tert-OH is 2. The minimum absolute atomic E-state index is 0.245. The van der Waals surface area contributed by atoms with Crippen LogP contribution in [0.2, 0.25) is 0 Å². The minimum atomic E-state index is -0.949. The molecule has 144 valence electrons. The molecule has 0 aromatic heterocycles. The van der Waals surface area contributed by atoms with Gasteiger partial charge in [0, 0.05) is 11.8 Å². The predicted octanol–water partition coefficient (Wildman–Crippen LogP) is 2.81. The van der Waals surface area contributed by atoms with E-state index in [4.69, 9.17) is 16.2 Å². The van der Waals surface area contributed by atoms with E-state index >= 15 is 0 Å². The third kappa shape index (κ3) is 6.31. The van der Waals surface area contributed by atoms with Crippen LogP contribution >= 0.6 is 22.6 Å². The molecule has 0 amide bonds. The molecule has 0 spiro atoms. The van der Waals surface area contributed by atoms with Crippen LogP contribution in [-0.4, -0.2) is 33.2 Å². The van der Waals surface area contributed by atoms with Crippen LogP contribution in [0.3, 0.4) is 0 Å². The van der Waals surface area contributed by atoms with E-state index in [1.54, 1.807) is 4.22 Å². The molecule has 0 aliphatic heterocycles. The van der Waals surface area contributed by atoms with Gasteiger partial charge in [0.1, 0.15) is 11.5 Å². The molecule has 0 saturated heterocycles. The van der Waals surface area contributed by atoms with Crippen LogP contribution in [0.1, 0.15) is 17.5 Å². The Labute approximate surface area is 172 Å². The first-order chi connectivity index (χ1) is 13.0. The van der Waals surface area contributed by atoms with Crippen LogP contribution < -0.4 is 16.2 Å². The van der Waals surface area contributed by atoms with Gasteiger partial charge in [-0.3, -0.25) is 0 Å². The zero-order valence-electron chi connectivity index (χ0n) is 14.9. The molecular weight excluding hydrogens is 457 g/mol. The fraction of sp³-hybridized carbons (Fsp3) is 0.250. The molecule has 6 N–H and O–H groups in total. The maximum atomic E-state index is 9.25. The van der Waals surface area contributed by atoms with Gasteiger partial charge in [0.15, 0.2) is 0 Å². The summed E-state index contributed by atoms with van der Waals surface area (Å²) in [7, 11) is 0. The number of ether oxygens (including phenoxy) is 1. The fourth-order valence-electron chi connectivity index (χ4n) is 2.42. The highest BCUT2D eigenvalue weighted by molar-refractivity contribution is 14.1. The van der Waals surface area contributed by atoms with Crippen molar-refractivity contribution < 1.29 is 14.9 Å². The number of aryl methyl sites for hydroxylation is 1. The number of aliphatic imine (C=N–C) groups is 1. The summed E-state index contributed by atoms with van der Waals surface area (Å²) in [5.41, 5.74) is 13.2. The topological polar surface area (TPSA) is 114 Å². The van der Waals surface area contributed by atoms with Crippen molar-refractivity contribution >= 4 is 32.5 Å². The van der Waals surface area contributed by atoms with Gasteiger partial charge in [-0.15, -0.1) is 0 Å². The molecule has 0 atom stereocenters. The van der Waals surface area contributed by atoms with Crippen molar-refractivity contribution in [2.45, 2.75) is 18.4 Å². The maximum absolute atomic E-state index is 9.25. The van der Waals surface area contributed by atoms with Gasteiger partial charge >= 0.3 is 0 Å². The summed E-state index contributed by atoms with van der Waals surface area (Å²) in [5, 5.41) is 18.5. The highest BCUT2D eigenvalue weighted by Gasteiger charge is 2.22. The number of aliphatic hydroxyl groups is 2. The van der Waals surface area contributed by atoms with E-state index in [1.165, 1.54) is 6.20 Å². The number of halogens is 1. The van der Waals surface area contributed by atoms with Gasteiger partial charge < -0.3 is 26.4 Å². The van der Waals surface area contributed by atoms with Crippen LogP contribution in [0.4, 0.5) is 0 Å². The summed E-state index contributed by atoms with van der Waals surface area (Å²) in [4.78, 5) is 4.20. The van der Waals surface area contributed by atoms with Crippen molar-refractivity contribution in [3.8, 4) is 11.5 Å². The zero-order valence-corrected chi connectivity index (χ0v) is 17.0. The van der Waals surface area contributed by atoms with Crippen molar-refractivity contribution in [2.24, 2.45) is 16.5 Å². The molecule has 2 aromatic carbocycles. The van der Waals surface area contributed by atoms with Gasteiger partial charge in [-0.1, -0.05) is 12.1 Å². The summed E-state index contributed by atoms with van der Waals surface area (Å²) in [6.45, 7) is -0.490. The highest BCUT2D eigenvalue weighted by Crippen LogP contribution is 2.25. The lowest BCUT2D eigenvalue weighted by Gasteiger charge is -2.24. The second-order valence-corrected chi connectivity index (χ2v) is 6.78. The van der Waals surface area contributed by atoms with Gasteiger partial charge in [0.2, 0.25) is 0 Å². The standard InChI is InChI=1S/C20H24IN3O3/c21-14-24-19(11-22)16-3-7-18(8-4-16)27-17-5-1-15(2-6-17)9-10-20(23,12-25)13-26/h1-8,11,14,25-26H,9-10,12-13,22-23H2/b19-11-,24-14-. The van der Waals surface area contributed by atoms with E-state index in [1.807, 2.05) is 71.1 Å². The average molecular weight is 481 g/mol. The van der Waals surface area contributed by atoms with Gasteiger partial charge in [0.25, 0.3) is 0 Å². The maximum Gasteiger partial charge on any atom is 0.127 e. The lowest BCUT2D eigenvalue weighted by Crippen LogP contribution is -2.47. The second kappa shape index (κ2) is 10.4. The smallest absolute Gasteiger partial charge is 0.127 e. The Morgan fingerprint density at radius 1 is 1.04 bits per heavy atom. The van der Waals surface area contributed by atoms with Crippen molar-refractivity contribution in [3.05, 3.63) is 65.9 Å². The SMILES string of the molecule is N/C=C(\N=C/I)c1ccc(Oc2ccc(CCC(N)(CO)CO)cc2)cc1. The minimum Gasteiger partial charge on any atom is -0.457 e. The van der Waals surface area contributed by atoms with E-state index in [9.17, 15) is 10.2 Å². The zero-order chi connectivity index (χ0) is 19.7. The third-order valence-electron chi connectivity index (χ3n) is 4.20. The first kappa shape index (κ1) is 21.4. The number of hydrogen-bond donors (Lipinski definition) is 4. The van der Waals surface area contributed by atoms with Crippen LogP contribution in [-0.2, 0) is 6.42 Å². The lowest BCUT2D eigenvalue weighted by molar-refractivity contribution is 0.115. The molecule has 0 saturated carbocycles. The third-order valence-corrected chi connectivity index (χ3v) is 4.47. The molecule has 0 unspecified atom stereocenters. The van der Waals surface area contributed by atoms with Gasteiger partial charge in [-0.25, -0.2) is 4.99 Å². The van der Waals surface area contributed by atoms with Gasteiger partial charge in [-0.2, -0.15) is 0 Å². The molecule has 2 rings (SSSR count). The average Bonchev–Trinajstić information content (AvgIpc) is 2.72. The van der Waals surface area contributed by atoms with Crippen molar-refractivity contribution in [3.63, 3.8) is 0 Å². The Morgan fingerprint density at radius 2 is 1.59 bits per heavy atom. The Morgan fingerprint density at radius 3 is 2.07 bits per heavy atom. The molecule has 0 radical (unpaired) electrons. The normalized spacial score (nSPS) is 12.5. The Hall–Kier alpha value is -1.94. The number of nitrogens with zero attached hydrogens (tertiary/aromatic N) is 1. The highest BCUT2D eigenvalue weighted by atomic mass is 127. The molecule has 6 nitrogen and oxygen atoms in total. The van der Waals surface area contributed by atoms with E-state index in [-0.39, 0.29) is 13.2 Å². The molecule has 2 aromatic rings. The quantitative estimate of drug-likeness (QED) is 0.325. The largest absolute Gasteiger partial charge is 0.457 e.